The highest BCUT2D eigenvalue weighted by molar-refractivity contribution is 6.30. The Hall–Kier alpha value is -2.75. The fraction of sp³-hybridized carbons (Fsp3) is 0.316. The maximum absolute atomic E-state index is 13.9. The van der Waals surface area contributed by atoms with Crippen molar-refractivity contribution in [1.29, 1.82) is 0 Å². The molecule has 0 bridgehead atoms. The number of benzene rings is 1. The molecule has 3 aromatic rings. The molecule has 4 rings (SSSR count). The van der Waals surface area contributed by atoms with Gasteiger partial charge in [-0.25, -0.2) is 14.2 Å². The molecular formula is C19H18ClFN4O4. The third kappa shape index (κ3) is 4.64. The van der Waals surface area contributed by atoms with E-state index in [1.54, 1.807) is 18.2 Å². The van der Waals surface area contributed by atoms with Crippen molar-refractivity contribution in [1.82, 2.24) is 20.4 Å². The van der Waals surface area contributed by atoms with Crippen LogP contribution in [0.25, 0.3) is 11.4 Å². The Labute approximate surface area is 170 Å². The van der Waals surface area contributed by atoms with E-state index in [1.807, 2.05) is 0 Å². The number of nitrogens with one attached hydrogen (secondary N) is 2. The largest absolute Gasteiger partial charge is 0.477 e. The second-order valence-corrected chi connectivity index (χ2v) is 6.98. The van der Waals surface area contributed by atoms with Crippen molar-refractivity contribution in [3.8, 4) is 17.3 Å². The van der Waals surface area contributed by atoms with Crippen molar-refractivity contribution in [3.05, 3.63) is 63.5 Å². The van der Waals surface area contributed by atoms with Crippen LogP contribution in [0.1, 0.15) is 11.7 Å². The molecule has 0 radical (unpaired) electrons. The van der Waals surface area contributed by atoms with E-state index in [-0.39, 0.29) is 17.0 Å². The summed E-state index contributed by atoms with van der Waals surface area (Å²) < 4.78 is 30.2. The molecule has 8 nitrogen and oxygen atoms in total. The molecule has 0 aliphatic carbocycles. The number of nitrogens with zero attached hydrogens (tertiary/aromatic N) is 2. The Morgan fingerprint density at radius 3 is 2.93 bits per heavy atom. The zero-order chi connectivity index (χ0) is 20.2. The van der Waals surface area contributed by atoms with Crippen LogP contribution in [-0.4, -0.2) is 41.4 Å². The maximum Gasteiger partial charge on any atom is 0.439 e. The fourth-order valence-corrected chi connectivity index (χ4v) is 3.26. The minimum absolute atomic E-state index is 0.0635. The highest BCUT2D eigenvalue weighted by Crippen LogP contribution is 2.30. The highest BCUT2D eigenvalue weighted by atomic mass is 35.5. The summed E-state index contributed by atoms with van der Waals surface area (Å²) in [7, 11) is 0. The van der Waals surface area contributed by atoms with E-state index in [4.69, 9.17) is 21.1 Å². The molecule has 2 atom stereocenters. The summed E-state index contributed by atoms with van der Waals surface area (Å²) in [6.07, 6.45) is 1.19. The molecule has 3 heterocycles. The van der Waals surface area contributed by atoms with Gasteiger partial charge in [0.1, 0.15) is 5.82 Å². The first-order valence-corrected chi connectivity index (χ1v) is 9.40. The topological polar surface area (TPSA) is 102 Å². The summed E-state index contributed by atoms with van der Waals surface area (Å²) in [5.74, 6) is -0.477. The Morgan fingerprint density at radius 1 is 1.31 bits per heavy atom. The number of rotatable bonds is 5. The van der Waals surface area contributed by atoms with Gasteiger partial charge in [0.05, 0.1) is 24.3 Å². The molecule has 10 heteroatoms. The van der Waals surface area contributed by atoms with Crippen molar-refractivity contribution < 1.29 is 18.4 Å². The SMILES string of the molecule is O=c1[nH]c(-c2ccc(OC[C@@H]3CNCCO[C@H]3c3ccc(Cl)c(F)c3)nc2)no1. The van der Waals surface area contributed by atoms with Gasteiger partial charge in [-0.3, -0.25) is 9.51 Å². The summed E-state index contributed by atoms with van der Waals surface area (Å²) >= 11 is 5.80. The van der Waals surface area contributed by atoms with Gasteiger partial charge >= 0.3 is 5.76 Å². The highest BCUT2D eigenvalue weighted by Gasteiger charge is 2.27. The summed E-state index contributed by atoms with van der Waals surface area (Å²) in [4.78, 5) is 17.7. The van der Waals surface area contributed by atoms with Gasteiger partial charge in [0.2, 0.25) is 5.88 Å². The summed E-state index contributed by atoms with van der Waals surface area (Å²) in [6.45, 7) is 2.17. The van der Waals surface area contributed by atoms with E-state index >= 15 is 0 Å². The molecule has 2 aromatic heterocycles. The number of hydrogen-bond donors (Lipinski definition) is 2. The van der Waals surface area contributed by atoms with Crippen LogP contribution in [0, 0.1) is 11.7 Å². The van der Waals surface area contributed by atoms with Crippen LogP contribution >= 0.6 is 11.6 Å². The molecule has 0 amide bonds. The van der Waals surface area contributed by atoms with Crippen molar-refractivity contribution >= 4 is 11.6 Å². The Balaban J connectivity index is 1.46. The van der Waals surface area contributed by atoms with Crippen molar-refractivity contribution in [2.45, 2.75) is 6.10 Å². The zero-order valence-electron chi connectivity index (χ0n) is 15.2. The van der Waals surface area contributed by atoms with E-state index in [0.717, 1.165) is 0 Å². The van der Waals surface area contributed by atoms with E-state index in [0.29, 0.717) is 49.1 Å². The van der Waals surface area contributed by atoms with Gasteiger partial charge in [-0.1, -0.05) is 22.8 Å². The van der Waals surface area contributed by atoms with Crippen molar-refractivity contribution in [2.24, 2.45) is 5.92 Å². The Kier molecular flexibility index (Phi) is 5.89. The van der Waals surface area contributed by atoms with Gasteiger partial charge in [-0.2, -0.15) is 0 Å². The minimum Gasteiger partial charge on any atom is -0.477 e. The molecule has 1 saturated heterocycles. The van der Waals surface area contributed by atoms with Gasteiger partial charge in [0, 0.05) is 36.8 Å². The molecule has 29 heavy (non-hydrogen) atoms. The molecular weight excluding hydrogens is 403 g/mol. The van der Waals surface area contributed by atoms with Crippen LogP contribution in [-0.2, 0) is 4.74 Å². The normalized spacial score (nSPS) is 19.7. The lowest BCUT2D eigenvalue weighted by atomic mass is 9.96. The monoisotopic (exact) mass is 420 g/mol. The van der Waals surface area contributed by atoms with E-state index in [1.165, 1.54) is 18.3 Å². The van der Waals surface area contributed by atoms with E-state index in [2.05, 4.69) is 25.0 Å². The molecule has 1 fully saturated rings. The van der Waals surface area contributed by atoms with Crippen LogP contribution in [0.4, 0.5) is 4.39 Å². The number of pyridine rings is 1. The zero-order valence-corrected chi connectivity index (χ0v) is 16.0. The average molecular weight is 421 g/mol. The molecule has 1 aliphatic heterocycles. The molecule has 0 saturated carbocycles. The number of H-pyrrole nitrogens is 1. The number of hydrogen-bond acceptors (Lipinski definition) is 7. The molecule has 0 unspecified atom stereocenters. The van der Waals surface area contributed by atoms with E-state index < -0.39 is 11.6 Å². The first kappa shape index (κ1) is 19.6. The Morgan fingerprint density at radius 2 is 2.21 bits per heavy atom. The second kappa shape index (κ2) is 8.73. The molecule has 152 valence electrons. The standard InChI is InChI=1S/C19H18ClFN4O4/c20-14-3-1-11(7-15(14)21)17-13(8-22-5-6-27-17)10-28-16-4-2-12(9-23-16)18-24-19(26)29-25-18/h1-4,7,9,13,17,22H,5-6,8,10H2,(H,24,25,26)/t13-,17-/m0/s1. The van der Waals surface area contributed by atoms with Gasteiger partial charge in [0.15, 0.2) is 5.82 Å². The molecule has 1 aliphatic rings. The molecule has 1 aromatic carbocycles. The summed E-state index contributed by atoms with van der Waals surface area (Å²) in [5, 5.41) is 6.98. The third-order valence-electron chi connectivity index (χ3n) is 4.58. The molecule has 0 spiro atoms. The second-order valence-electron chi connectivity index (χ2n) is 6.57. The fourth-order valence-electron chi connectivity index (χ4n) is 3.15. The average Bonchev–Trinajstić information content (AvgIpc) is 3.02. The lowest BCUT2D eigenvalue weighted by molar-refractivity contribution is 0.0146. The lowest BCUT2D eigenvalue weighted by Crippen LogP contribution is -2.29. The summed E-state index contributed by atoms with van der Waals surface area (Å²) in [6, 6.07) is 8.08. The minimum atomic E-state index is -0.633. The van der Waals surface area contributed by atoms with Crippen LogP contribution in [0.2, 0.25) is 5.02 Å². The van der Waals surface area contributed by atoms with Crippen molar-refractivity contribution in [2.75, 3.05) is 26.3 Å². The van der Waals surface area contributed by atoms with Crippen LogP contribution < -0.4 is 15.8 Å². The van der Waals surface area contributed by atoms with E-state index in [9.17, 15) is 9.18 Å². The lowest BCUT2D eigenvalue weighted by Gasteiger charge is -2.25. The summed E-state index contributed by atoms with van der Waals surface area (Å²) in [5.41, 5.74) is 1.31. The predicted molar refractivity (Wildman–Crippen MR) is 102 cm³/mol. The maximum atomic E-state index is 13.9. The number of aromatic amines is 1. The number of halogens is 2. The van der Waals surface area contributed by atoms with Crippen LogP contribution in [0.5, 0.6) is 5.88 Å². The Bertz CT molecular complexity index is 1020. The van der Waals surface area contributed by atoms with Gasteiger partial charge < -0.3 is 14.8 Å². The third-order valence-corrected chi connectivity index (χ3v) is 4.89. The van der Waals surface area contributed by atoms with Crippen molar-refractivity contribution in [3.63, 3.8) is 0 Å². The van der Waals surface area contributed by atoms with Crippen LogP contribution in [0.3, 0.4) is 0 Å². The van der Waals surface area contributed by atoms with Gasteiger partial charge in [-0.05, 0) is 23.8 Å². The number of ether oxygens (including phenoxy) is 2. The first-order valence-electron chi connectivity index (χ1n) is 9.02. The first-order chi connectivity index (χ1) is 14.1. The smallest absolute Gasteiger partial charge is 0.439 e. The van der Waals surface area contributed by atoms with Gasteiger partial charge in [-0.15, -0.1) is 0 Å². The quantitative estimate of drug-likeness (QED) is 0.654. The predicted octanol–water partition coefficient (Wildman–Crippen LogP) is 2.57. The van der Waals surface area contributed by atoms with Gasteiger partial charge in [0.25, 0.3) is 0 Å². The molecule has 2 N–H and O–H groups in total. The van der Waals surface area contributed by atoms with Crippen LogP contribution in [0.15, 0.2) is 45.8 Å². The number of aromatic nitrogens is 3.